The lowest BCUT2D eigenvalue weighted by Gasteiger charge is -2.11. The third-order valence-corrected chi connectivity index (χ3v) is 6.55. The minimum atomic E-state index is -0.0839. The van der Waals surface area contributed by atoms with Crippen LogP contribution in [0, 0.1) is 0 Å². The number of Topliss-reactive ketones (excluding diaryl/α,β-unsaturated/α-hetero) is 1. The lowest BCUT2D eigenvalue weighted by atomic mass is 10.1. The summed E-state index contributed by atoms with van der Waals surface area (Å²) in [6, 6.07) is 26.8. The van der Waals surface area contributed by atoms with Crippen LogP contribution in [0.15, 0.2) is 94.9 Å². The molecule has 2 aromatic heterocycles. The quantitative estimate of drug-likeness (QED) is 0.190. The van der Waals surface area contributed by atoms with E-state index in [2.05, 4.69) is 10.2 Å². The van der Waals surface area contributed by atoms with E-state index in [9.17, 15) is 9.59 Å². The highest BCUT2D eigenvalue weighted by Crippen LogP contribution is 2.23. The lowest BCUT2D eigenvalue weighted by Crippen LogP contribution is -2.24. The summed E-state index contributed by atoms with van der Waals surface area (Å²) < 4.78 is 3.62. The maximum Gasteiger partial charge on any atom is 0.263 e. The van der Waals surface area contributed by atoms with Gasteiger partial charge in [0, 0.05) is 17.7 Å². The average molecular weight is 455 g/mol. The summed E-state index contributed by atoms with van der Waals surface area (Å²) in [5, 5.41) is 10.1. The van der Waals surface area contributed by atoms with Crippen LogP contribution in [0.3, 0.4) is 0 Å². The van der Waals surface area contributed by atoms with Gasteiger partial charge in [0.25, 0.3) is 5.56 Å². The number of para-hydroxylation sites is 1. The van der Waals surface area contributed by atoms with Crippen molar-refractivity contribution in [2.24, 2.45) is 0 Å². The van der Waals surface area contributed by atoms with E-state index in [4.69, 9.17) is 0 Å². The summed E-state index contributed by atoms with van der Waals surface area (Å²) in [5.41, 5.74) is 2.47. The van der Waals surface area contributed by atoms with Crippen LogP contribution in [-0.4, -0.2) is 30.7 Å². The fourth-order valence-corrected chi connectivity index (χ4v) is 4.78. The first-order valence-electron chi connectivity index (χ1n) is 10.8. The minimum Gasteiger partial charge on any atom is -0.294 e. The van der Waals surface area contributed by atoms with E-state index in [1.807, 2.05) is 89.3 Å². The molecule has 0 unspecified atom stereocenters. The van der Waals surface area contributed by atoms with Gasteiger partial charge in [-0.2, -0.15) is 0 Å². The molecule has 5 aromatic rings. The maximum absolute atomic E-state index is 13.3. The molecule has 5 rings (SSSR count). The summed E-state index contributed by atoms with van der Waals surface area (Å²) in [6.07, 6.45) is 1.21. The zero-order chi connectivity index (χ0) is 22.6. The van der Waals surface area contributed by atoms with Crippen molar-refractivity contribution in [3.63, 3.8) is 0 Å². The molecule has 0 saturated carbocycles. The Bertz CT molecular complexity index is 1480. The Morgan fingerprint density at radius 2 is 1.55 bits per heavy atom. The number of rotatable bonds is 8. The van der Waals surface area contributed by atoms with E-state index in [0.717, 1.165) is 34.0 Å². The first kappa shape index (κ1) is 21.2. The van der Waals surface area contributed by atoms with Crippen LogP contribution in [0.5, 0.6) is 0 Å². The predicted molar refractivity (Wildman–Crippen MR) is 131 cm³/mol. The van der Waals surface area contributed by atoms with Gasteiger partial charge in [-0.15, -0.1) is 10.2 Å². The van der Waals surface area contributed by atoms with Crippen molar-refractivity contribution < 1.29 is 4.79 Å². The summed E-state index contributed by atoms with van der Waals surface area (Å²) in [5.74, 6) is 1.39. The molecule has 0 fully saturated rings. The molecule has 164 valence electrons. The first-order valence-corrected chi connectivity index (χ1v) is 11.8. The molecule has 0 radical (unpaired) electrons. The van der Waals surface area contributed by atoms with Crippen LogP contribution in [0.2, 0.25) is 0 Å². The van der Waals surface area contributed by atoms with Crippen molar-refractivity contribution in [1.29, 1.82) is 0 Å². The monoisotopic (exact) mass is 454 g/mol. The number of hydrogen-bond acceptors (Lipinski definition) is 5. The second-order valence-electron chi connectivity index (χ2n) is 7.75. The van der Waals surface area contributed by atoms with E-state index < -0.39 is 0 Å². The summed E-state index contributed by atoms with van der Waals surface area (Å²) in [7, 11) is 0. The number of carbonyl (C=O) groups is 1. The van der Waals surface area contributed by atoms with Gasteiger partial charge in [0.2, 0.25) is 5.78 Å². The Labute approximate surface area is 194 Å². The molecule has 0 aliphatic rings. The summed E-state index contributed by atoms with van der Waals surface area (Å²) in [6.45, 7) is 0.419. The number of thioether (sulfide) groups is 1. The van der Waals surface area contributed by atoms with Crippen molar-refractivity contribution in [1.82, 2.24) is 19.2 Å². The topological polar surface area (TPSA) is 69.3 Å². The fourth-order valence-electron chi connectivity index (χ4n) is 3.90. The van der Waals surface area contributed by atoms with Crippen LogP contribution < -0.4 is 5.56 Å². The van der Waals surface area contributed by atoms with Gasteiger partial charge in [-0.3, -0.25) is 18.6 Å². The standard InChI is InChI=1S/C26H22N4O2S/c31-23(20-12-5-2-6-13-20)16-9-17-33-26-28-27-25-29(18-19-10-3-1-4-11-19)24(32)21-14-7-8-15-22(21)30(25)26/h1-8,10-15H,9,16-18H2. The van der Waals surface area contributed by atoms with Gasteiger partial charge in [0.15, 0.2) is 10.9 Å². The molecule has 0 saturated heterocycles. The molecule has 0 bridgehead atoms. The van der Waals surface area contributed by atoms with Gasteiger partial charge in [0.1, 0.15) is 0 Å². The maximum atomic E-state index is 13.3. The Kier molecular flexibility index (Phi) is 6.04. The Hall–Kier alpha value is -3.71. The largest absolute Gasteiger partial charge is 0.294 e. The number of nitrogens with zero attached hydrogens (tertiary/aromatic N) is 4. The first-order chi connectivity index (χ1) is 16.2. The molecule has 0 spiro atoms. The van der Waals surface area contributed by atoms with Crippen LogP contribution in [0.25, 0.3) is 16.7 Å². The molecule has 0 amide bonds. The van der Waals surface area contributed by atoms with Crippen LogP contribution >= 0.6 is 11.8 Å². The zero-order valence-corrected chi connectivity index (χ0v) is 18.7. The van der Waals surface area contributed by atoms with Gasteiger partial charge in [-0.25, -0.2) is 0 Å². The van der Waals surface area contributed by atoms with Crippen molar-refractivity contribution >= 4 is 34.2 Å². The normalized spacial score (nSPS) is 11.3. The Morgan fingerprint density at radius 3 is 2.33 bits per heavy atom. The lowest BCUT2D eigenvalue weighted by molar-refractivity contribution is 0.0982. The fraction of sp³-hybridized carbons (Fsp3) is 0.154. The molecule has 2 heterocycles. The third kappa shape index (κ3) is 4.32. The highest BCUT2D eigenvalue weighted by molar-refractivity contribution is 7.99. The number of benzene rings is 3. The number of carbonyl (C=O) groups excluding carboxylic acids is 1. The second-order valence-corrected chi connectivity index (χ2v) is 8.82. The van der Waals surface area contributed by atoms with Crippen molar-refractivity contribution in [2.75, 3.05) is 5.75 Å². The number of hydrogen-bond donors (Lipinski definition) is 0. The van der Waals surface area contributed by atoms with Gasteiger partial charge in [-0.05, 0) is 24.1 Å². The van der Waals surface area contributed by atoms with E-state index in [1.54, 1.807) is 16.3 Å². The smallest absolute Gasteiger partial charge is 0.263 e. The molecule has 33 heavy (non-hydrogen) atoms. The zero-order valence-electron chi connectivity index (χ0n) is 17.9. The Balaban J connectivity index is 1.43. The molecular formula is C26H22N4O2S. The highest BCUT2D eigenvalue weighted by atomic mass is 32.2. The highest BCUT2D eigenvalue weighted by Gasteiger charge is 2.17. The molecule has 7 heteroatoms. The van der Waals surface area contributed by atoms with Crippen molar-refractivity contribution in [3.05, 3.63) is 106 Å². The minimum absolute atomic E-state index is 0.0839. The van der Waals surface area contributed by atoms with Gasteiger partial charge >= 0.3 is 0 Å². The van der Waals surface area contributed by atoms with E-state index in [1.165, 1.54) is 0 Å². The summed E-state index contributed by atoms with van der Waals surface area (Å²) in [4.78, 5) is 25.6. The molecule has 0 aliphatic carbocycles. The molecule has 6 nitrogen and oxygen atoms in total. The average Bonchev–Trinajstić information content (AvgIpc) is 3.29. The molecular weight excluding hydrogens is 432 g/mol. The number of ketones is 1. The van der Waals surface area contributed by atoms with Crippen molar-refractivity contribution in [2.45, 2.75) is 24.5 Å². The van der Waals surface area contributed by atoms with Gasteiger partial charge in [-0.1, -0.05) is 84.6 Å². The van der Waals surface area contributed by atoms with E-state index in [0.29, 0.717) is 24.1 Å². The Morgan fingerprint density at radius 1 is 0.848 bits per heavy atom. The third-order valence-electron chi connectivity index (χ3n) is 5.54. The number of fused-ring (bicyclic) bond motifs is 3. The molecule has 0 N–H and O–H groups in total. The van der Waals surface area contributed by atoms with Crippen molar-refractivity contribution in [3.8, 4) is 0 Å². The van der Waals surface area contributed by atoms with Crippen LogP contribution in [-0.2, 0) is 6.54 Å². The molecule has 0 aliphatic heterocycles. The van der Waals surface area contributed by atoms with E-state index in [-0.39, 0.29) is 11.3 Å². The van der Waals surface area contributed by atoms with Gasteiger partial charge < -0.3 is 0 Å². The summed E-state index contributed by atoms with van der Waals surface area (Å²) >= 11 is 1.55. The molecule has 0 atom stereocenters. The van der Waals surface area contributed by atoms with E-state index >= 15 is 0 Å². The molecule has 3 aromatic carbocycles. The van der Waals surface area contributed by atoms with Crippen LogP contribution in [0.4, 0.5) is 0 Å². The van der Waals surface area contributed by atoms with Gasteiger partial charge in [0.05, 0.1) is 17.4 Å². The number of aromatic nitrogens is 4. The second kappa shape index (κ2) is 9.42. The van der Waals surface area contributed by atoms with Crippen LogP contribution in [0.1, 0.15) is 28.8 Å². The predicted octanol–water partition coefficient (Wildman–Crippen LogP) is 4.85. The SMILES string of the molecule is O=C(CCCSc1nnc2n(Cc3ccccc3)c(=O)c3ccccc3n12)c1ccccc1.